The summed E-state index contributed by atoms with van der Waals surface area (Å²) in [6.07, 6.45) is 14.9. The molecule has 3 N–H and O–H groups in total. The summed E-state index contributed by atoms with van der Waals surface area (Å²) in [7, 11) is 0. The Kier molecular flexibility index (Phi) is 11.3. The van der Waals surface area contributed by atoms with Gasteiger partial charge in [-0.15, -0.1) is 11.3 Å². The third kappa shape index (κ3) is 10.2. The molecule has 13 heteroatoms. The molecule has 1 aliphatic carbocycles. The van der Waals surface area contributed by atoms with E-state index in [9.17, 15) is 14.4 Å². The Morgan fingerprint density at radius 1 is 1.06 bits per heavy atom. The first-order chi connectivity index (χ1) is 22.6. The predicted molar refractivity (Wildman–Crippen MR) is 180 cm³/mol. The summed E-state index contributed by atoms with van der Waals surface area (Å²) < 4.78 is 16.8. The van der Waals surface area contributed by atoms with Crippen molar-refractivity contribution in [3.63, 3.8) is 0 Å². The lowest BCUT2D eigenvalue weighted by Crippen LogP contribution is -2.41. The molecule has 1 fully saturated rings. The smallest absolute Gasteiger partial charge is 0.412 e. The van der Waals surface area contributed by atoms with Crippen LogP contribution in [0.15, 0.2) is 77.1 Å². The highest BCUT2D eigenvalue weighted by molar-refractivity contribution is 7.09. The lowest BCUT2D eigenvalue weighted by atomic mass is 10.0. The number of pyridine rings is 1. The van der Waals surface area contributed by atoms with Crippen LogP contribution in [0.5, 0.6) is 0 Å². The van der Waals surface area contributed by atoms with E-state index in [1.165, 1.54) is 36.7 Å². The molecule has 0 unspecified atom stereocenters. The Labute approximate surface area is 279 Å². The third-order valence-electron chi connectivity index (χ3n) is 7.50. The summed E-state index contributed by atoms with van der Waals surface area (Å²) in [6, 6.07) is 3.06. The van der Waals surface area contributed by atoms with Gasteiger partial charge in [0.05, 0.1) is 11.4 Å². The minimum Gasteiger partial charge on any atom is -0.463 e. The molecule has 250 valence electrons. The molecular formula is C34H42N6O6S. The number of likely N-dealkylation sites (tertiary alicyclic amines) is 1. The lowest BCUT2D eigenvalue weighted by molar-refractivity contribution is 0.0635. The van der Waals surface area contributed by atoms with Gasteiger partial charge in [-0.3, -0.25) is 20.4 Å². The average Bonchev–Trinajstić information content (AvgIpc) is 3.73. The molecule has 4 amide bonds. The van der Waals surface area contributed by atoms with Gasteiger partial charge >= 0.3 is 12.1 Å². The minimum atomic E-state index is -0.653. The van der Waals surface area contributed by atoms with Crippen molar-refractivity contribution >= 4 is 40.7 Å². The van der Waals surface area contributed by atoms with Crippen LogP contribution in [0.1, 0.15) is 68.9 Å². The van der Waals surface area contributed by atoms with Crippen LogP contribution in [0.3, 0.4) is 0 Å². The van der Waals surface area contributed by atoms with Crippen LogP contribution < -0.4 is 16.0 Å². The number of nitrogens with zero attached hydrogens (tertiary/aromatic N) is 3. The third-order valence-corrected chi connectivity index (χ3v) is 8.24. The van der Waals surface area contributed by atoms with Gasteiger partial charge in [-0.1, -0.05) is 24.3 Å². The fraction of sp³-hybridized carbons (Fsp3) is 0.412. The van der Waals surface area contributed by atoms with E-state index in [0.717, 1.165) is 50.0 Å². The second-order valence-electron chi connectivity index (χ2n) is 12.4. The topological polar surface area (TPSA) is 134 Å². The Bertz CT molecular complexity index is 1550. The standard InChI is InChI=1S/C34H42N6O6S/c1-34(2,3)46-33(43)37-28-23-47-22-27(28)36-31(41)26-13-12-24(18-35-26)19-40(17-9-16-39-14-7-8-15-39)32(42)38-30-21-44-20-29(45-30)25-10-5-4-6-11-25/h4-5,10,12-13,18,20-23H,6-9,11,14-17,19H2,1-3H3,(H,36,41)(H,37,43)(H,38,42). The number of aromatic nitrogens is 1. The van der Waals surface area contributed by atoms with E-state index < -0.39 is 17.6 Å². The number of amides is 4. The molecule has 47 heavy (non-hydrogen) atoms. The molecule has 0 radical (unpaired) electrons. The molecule has 12 nitrogen and oxygen atoms in total. The van der Waals surface area contributed by atoms with Crippen molar-refractivity contribution in [2.45, 2.75) is 65.0 Å². The summed E-state index contributed by atoms with van der Waals surface area (Å²) in [5, 5.41) is 11.7. The fourth-order valence-corrected chi connectivity index (χ4v) is 5.93. The number of nitrogens with one attached hydrogen (secondary N) is 3. The molecule has 2 aromatic heterocycles. The van der Waals surface area contributed by atoms with Gasteiger partial charge in [0, 0.05) is 30.0 Å². The van der Waals surface area contributed by atoms with E-state index >= 15 is 0 Å². The van der Waals surface area contributed by atoms with Crippen molar-refractivity contribution < 1.29 is 28.6 Å². The van der Waals surface area contributed by atoms with Gasteiger partial charge in [-0.2, -0.15) is 0 Å². The normalized spacial score (nSPS) is 16.2. The van der Waals surface area contributed by atoms with Crippen LogP contribution in [0.25, 0.3) is 0 Å². The van der Waals surface area contributed by atoms with E-state index in [0.29, 0.717) is 23.7 Å². The monoisotopic (exact) mass is 662 g/mol. The Morgan fingerprint density at radius 3 is 2.55 bits per heavy atom. The van der Waals surface area contributed by atoms with Gasteiger partial charge in [0.15, 0.2) is 12.0 Å². The number of carbonyl (C=O) groups excluding carboxylic acids is 3. The molecule has 0 spiro atoms. The first-order valence-corrected chi connectivity index (χ1v) is 16.8. The predicted octanol–water partition coefficient (Wildman–Crippen LogP) is 6.70. The minimum absolute atomic E-state index is 0.192. The molecule has 5 rings (SSSR count). The number of anilines is 2. The zero-order chi connectivity index (χ0) is 33.2. The maximum atomic E-state index is 13.5. The number of allylic oxidation sites excluding steroid dienone is 4. The Balaban J connectivity index is 1.19. The van der Waals surface area contributed by atoms with Crippen LogP contribution in [0.4, 0.5) is 21.0 Å². The van der Waals surface area contributed by atoms with Crippen LogP contribution in [-0.2, 0) is 20.8 Å². The molecule has 3 aliphatic rings. The number of hydrogen-bond acceptors (Lipinski definition) is 9. The van der Waals surface area contributed by atoms with E-state index in [1.807, 2.05) is 12.2 Å². The summed E-state index contributed by atoms with van der Waals surface area (Å²) >= 11 is 1.33. The highest BCUT2D eigenvalue weighted by atomic mass is 32.1. The van der Waals surface area contributed by atoms with Crippen molar-refractivity contribution in [2.24, 2.45) is 0 Å². The molecule has 2 aliphatic heterocycles. The summed E-state index contributed by atoms with van der Waals surface area (Å²) in [5.41, 5.74) is 2.17. The van der Waals surface area contributed by atoms with E-state index in [1.54, 1.807) is 54.8 Å². The zero-order valence-electron chi connectivity index (χ0n) is 27.0. The van der Waals surface area contributed by atoms with Gasteiger partial charge < -0.3 is 29.3 Å². The van der Waals surface area contributed by atoms with Crippen molar-refractivity contribution in [2.75, 3.05) is 36.8 Å². The fourth-order valence-electron chi connectivity index (χ4n) is 5.22. The van der Waals surface area contributed by atoms with Crippen molar-refractivity contribution in [3.8, 4) is 0 Å². The van der Waals surface area contributed by atoms with Crippen molar-refractivity contribution in [1.82, 2.24) is 20.1 Å². The molecule has 0 saturated carbocycles. The largest absolute Gasteiger partial charge is 0.463 e. The molecule has 0 atom stereocenters. The SMILES string of the molecule is CC(C)(C)OC(=O)Nc1cscc1NC(=O)c1ccc(CN(CCCN2CCCC2)C(=O)NC2=COC=C(C3=CC=CCC3)O2)cn1. The Hall–Kier alpha value is -4.62. The van der Waals surface area contributed by atoms with Gasteiger partial charge in [0.1, 0.15) is 17.6 Å². The number of ether oxygens (including phenoxy) is 3. The molecule has 2 aromatic rings. The molecule has 0 aromatic carbocycles. The highest BCUT2D eigenvalue weighted by Gasteiger charge is 2.22. The van der Waals surface area contributed by atoms with E-state index in [4.69, 9.17) is 14.2 Å². The van der Waals surface area contributed by atoms with E-state index in [-0.39, 0.29) is 24.2 Å². The van der Waals surface area contributed by atoms with Gasteiger partial charge in [-0.25, -0.2) is 9.59 Å². The maximum absolute atomic E-state index is 13.5. The van der Waals surface area contributed by atoms with Crippen molar-refractivity contribution in [3.05, 3.63) is 88.3 Å². The van der Waals surface area contributed by atoms with Crippen LogP contribution in [0, 0.1) is 0 Å². The van der Waals surface area contributed by atoms with Gasteiger partial charge in [0.25, 0.3) is 5.91 Å². The second kappa shape index (κ2) is 15.8. The quantitative estimate of drug-likeness (QED) is 0.242. The summed E-state index contributed by atoms with van der Waals surface area (Å²) in [4.78, 5) is 47.2. The maximum Gasteiger partial charge on any atom is 0.412 e. The average molecular weight is 663 g/mol. The number of rotatable bonds is 11. The summed E-state index contributed by atoms with van der Waals surface area (Å²) in [6.45, 7) is 9.20. The molecular weight excluding hydrogens is 620 g/mol. The Morgan fingerprint density at radius 2 is 1.85 bits per heavy atom. The first kappa shape index (κ1) is 33.7. The molecule has 1 saturated heterocycles. The second-order valence-corrected chi connectivity index (χ2v) is 13.2. The highest BCUT2D eigenvalue weighted by Crippen LogP contribution is 2.28. The van der Waals surface area contributed by atoms with Crippen LogP contribution in [0.2, 0.25) is 0 Å². The van der Waals surface area contributed by atoms with Crippen LogP contribution >= 0.6 is 11.3 Å². The van der Waals surface area contributed by atoms with Gasteiger partial charge in [0.2, 0.25) is 5.88 Å². The van der Waals surface area contributed by atoms with Crippen molar-refractivity contribution in [1.29, 1.82) is 0 Å². The number of hydrogen-bond donors (Lipinski definition) is 3. The lowest BCUT2D eigenvalue weighted by Gasteiger charge is -2.26. The zero-order valence-corrected chi connectivity index (χ0v) is 27.9. The van der Waals surface area contributed by atoms with E-state index in [2.05, 4.69) is 31.9 Å². The van der Waals surface area contributed by atoms with Crippen LogP contribution in [-0.4, -0.2) is 64.6 Å². The summed E-state index contributed by atoms with van der Waals surface area (Å²) in [5.74, 6) is 0.351. The molecule has 4 heterocycles. The number of thiophene rings is 1. The first-order valence-electron chi connectivity index (χ1n) is 15.8. The number of urea groups is 1. The van der Waals surface area contributed by atoms with Gasteiger partial charge in [-0.05, 0) is 89.7 Å². The molecule has 0 bridgehead atoms. The number of carbonyl (C=O) groups is 3.